The third-order valence-electron chi connectivity index (χ3n) is 7.81. The number of fused-ring (bicyclic) bond motifs is 3. The van der Waals surface area contributed by atoms with Crippen molar-refractivity contribution in [2.24, 2.45) is 5.41 Å². The van der Waals surface area contributed by atoms with E-state index in [4.69, 9.17) is 27.7 Å². The van der Waals surface area contributed by atoms with E-state index in [1.165, 1.54) is 30.5 Å². The molecular formula is C47H48IrN2O-2. The van der Waals surface area contributed by atoms with Gasteiger partial charge in [0.15, 0.2) is 0 Å². The molecule has 4 heteroatoms. The zero-order chi connectivity index (χ0) is 50.1. The van der Waals surface area contributed by atoms with Gasteiger partial charge in [0.05, 0.1) is 5.58 Å². The summed E-state index contributed by atoms with van der Waals surface area (Å²) in [6.07, 6.45) is -1.54. The quantitative estimate of drug-likeness (QED) is 0.156. The Bertz CT molecular complexity index is 2920. The number of aromatic nitrogens is 2. The number of furan rings is 1. The van der Waals surface area contributed by atoms with Crippen molar-refractivity contribution in [3.63, 3.8) is 0 Å². The Hall–Kier alpha value is -4.37. The van der Waals surface area contributed by atoms with Crippen molar-refractivity contribution >= 4 is 21.9 Å². The smallest absolute Gasteiger partial charge is 0.121 e. The first-order valence-electron chi connectivity index (χ1n) is 24.6. The summed E-state index contributed by atoms with van der Waals surface area (Å²) in [5.74, 6) is -1.11. The van der Waals surface area contributed by atoms with Crippen LogP contribution in [0.5, 0.6) is 0 Å². The van der Waals surface area contributed by atoms with E-state index in [0.29, 0.717) is 33.3 Å². The van der Waals surface area contributed by atoms with Gasteiger partial charge in [0.25, 0.3) is 0 Å². The molecular weight excluding hydrogens is 801 g/mol. The van der Waals surface area contributed by atoms with Crippen LogP contribution in [0.3, 0.4) is 0 Å². The molecule has 0 saturated carbocycles. The minimum Gasteiger partial charge on any atom is -0.501 e. The fraction of sp³-hybridized carbons (Fsp3) is 0.277. The Balaban J connectivity index is 0.000000294. The Morgan fingerprint density at radius 2 is 1.57 bits per heavy atom. The van der Waals surface area contributed by atoms with Gasteiger partial charge in [-0.3, -0.25) is 0 Å². The van der Waals surface area contributed by atoms with Gasteiger partial charge in [0.2, 0.25) is 0 Å². The van der Waals surface area contributed by atoms with Crippen LogP contribution in [0, 0.1) is 45.0 Å². The fourth-order valence-electron chi connectivity index (χ4n) is 5.48. The number of hydrogen-bond donors (Lipinski definition) is 0. The molecule has 0 saturated heterocycles. The average Bonchev–Trinajstić information content (AvgIpc) is 3.60. The van der Waals surface area contributed by atoms with Gasteiger partial charge in [-0.25, -0.2) is 0 Å². The molecule has 3 heterocycles. The van der Waals surface area contributed by atoms with E-state index in [-0.39, 0.29) is 75.7 Å². The first-order valence-corrected chi connectivity index (χ1v) is 16.1. The van der Waals surface area contributed by atoms with Gasteiger partial charge >= 0.3 is 0 Å². The summed E-state index contributed by atoms with van der Waals surface area (Å²) >= 11 is 0. The maximum Gasteiger partial charge on any atom is 0.121 e. The third kappa shape index (κ3) is 8.93. The Labute approximate surface area is 341 Å². The number of hydrogen-bond acceptors (Lipinski definition) is 3. The number of benzene rings is 4. The normalized spacial score (nSPS) is 18.1. The molecule has 7 aromatic rings. The van der Waals surface area contributed by atoms with Crippen LogP contribution in [0.1, 0.15) is 108 Å². The Morgan fingerprint density at radius 1 is 0.804 bits per heavy atom. The summed E-state index contributed by atoms with van der Waals surface area (Å²) in [5.41, 5.74) is 1.85. The minimum absolute atomic E-state index is 0. The Kier molecular flexibility index (Phi) is 6.61. The maximum atomic E-state index is 8.86. The molecule has 0 aliphatic rings. The first-order chi connectivity index (χ1) is 30.5. The number of rotatable bonds is 6. The minimum atomic E-state index is -2.63. The topological polar surface area (TPSA) is 38.9 Å². The van der Waals surface area contributed by atoms with Gasteiger partial charge in [0.1, 0.15) is 5.58 Å². The molecule has 3 aromatic heterocycles. The molecule has 0 unspecified atom stereocenters. The molecule has 0 N–H and O–H groups in total. The van der Waals surface area contributed by atoms with Crippen molar-refractivity contribution in [2.75, 3.05) is 0 Å². The maximum absolute atomic E-state index is 8.86. The van der Waals surface area contributed by atoms with Crippen molar-refractivity contribution in [1.82, 2.24) is 9.97 Å². The van der Waals surface area contributed by atoms with Crippen molar-refractivity contribution in [1.29, 1.82) is 0 Å². The van der Waals surface area contributed by atoms with Crippen molar-refractivity contribution < 1.29 is 47.8 Å². The Morgan fingerprint density at radius 3 is 2.25 bits per heavy atom. The van der Waals surface area contributed by atoms with Crippen molar-refractivity contribution in [3.05, 3.63) is 154 Å². The van der Waals surface area contributed by atoms with Crippen LogP contribution >= 0.6 is 0 Å². The summed E-state index contributed by atoms with van der Waals surface area (Å²) in [6, 6.07) is 28.0. The van der Waals surface area contributed by atoms with E-state index in [1.54, 1.807) is 95.3 Å². The molecule has 0 aliphatic heterocycles. The number of aryl methyl sites for hydroxylation is 4. The largest absolute Gasteiger partial charge is 0.501 e. The predicted molar refractivity (Wildman–Crippen MR) is 210 cm³/mol. The summed E-state index contributed by atoms with van der Waals surface area (Å²) in [4.78, 5) is 8.53. The van der Waals surface area contributed by atoms with Crippen LogP contribution in [0.25, 0.3) is 44.5 Å². The number of nitrogens with zero attached hydrogens (tertiary/aromatic N) is 2. The van der Waals surface area contributed by atoms with E-state index >= 15 is 0 Å². The molecule has 0 atom stereocenters. The van der Waals surface area contributed by atoms with Crippen LogP contribution in [-0.4, -0.2) is 9.97 Å². The average molecular weight is 866 g/mol. The molecule has 0 amide bonds. The summed E-state index contributed by atoms with van der Waals surface area (Å²) < 4.78 is 143. The zero-order valence-electron chi connectivity index (χ0n) is 45.9. The van der Waals surface area contributed by atoms with Crippen LogP contribution in [0.2, 0.25) is 0 Å². The molecule has 0 spiro atoms. The summed E-state index contributed by atoms with van der Waals surface area (Å²) in [5, 5.41) is 0.728. The number of pyridine rings is 2. The van der Waals surface area contributed by atoms with Crippen LogP contribution in [0.15, 0.2) is 102 Å². The van der Waals surface area contributed by atoms with Crippen LogP contribution in [-0.2, 0) is 32.9 Å². The monoisotopic (exact) mass is 866 g/mol. The zero-order valence-corrected chi connectivity index (χ0v) is 31.3. The van der Waals surface area contributed by atoms with Gasteiger partial charge in [-0.05, 0) is 83.0 Å². The van der Waals surface area contributed by atoms with E-state index in [0.717, 1.165) is 6.20 Å². The molecule has 3 nitrogen and oxygen atoms in total. The second-order valence-corrected chi connectivity index (χ2v) is 13.2. The second-order valence-electron chi connectivity index (χ2n) is 13.2. The molecule has 51 heavy (non-hydrogen) atoms. The molecule has 1 radical (unpaired) electrons. The molecule has 0 fully saturated rings. The standard InChI is InChI=1S/C31H30NO.C16H18N.Ir/c1-20-11-13-25(27-17-24(18-31(3,4)5)21(2)19-32-27)30-29(20)26-14-12-23(16-28(26)33-30)15-22-9-7-6-8-10-22;1-11(2)15-9-16(17-10-13(15)4)14-7-5-12(3)6-8-14;/h6-12,14,16-17,19H,15,18H2,1-5H3;5-7,9-11H,1-4H3;/q2*-1;/i1D3,2D3,15D2,18D2;3D3,4D3,11D;. The van der Waals surface area contributed by atoms with Gasteiger partial charge in [-0.15, -0.1) is 53.1 Å². The van der Waals surface area contributed by atoms with Gasteiger partial charge in [-0.1, -0.05) is 119 Å². The fourth-order valence-corrected chi connectivity index (χ4v) is 5.48. The molecule has 263 valence electrons. The van der Waals surface area contributed by atoms with Gasteiger partial charge in [-0.2, -0.15) is 0 Å². The van der Waals surface area contributed by atoms with Gasteiger partial charge < -0.3 is 14.4 Å². The third-order valence-corrected chi connectivity index (χ3v) is 7.81. The molecule has 0 aliphatic carbocycles. The predicted octanol–water partition coefficient (Wildman–Crippen LogP) is 12.5. The van der Waals surface area contributed by atoms with E-state index in [9.17, 15) is 0 Å². The second kappa shape index (κ2) is 15.9. The first kappa shape index (κ1) is 21.2. The molecule has 4 aromatic carbocycles. The van der Waals surface area contributed by atoms with E-state index in [2.05, 4.69) is 22.1 Å². The molecule has 0 bridgehead atoms. The van der Waals surface area contributed by atoms with Gasteiger partial charge in [0, 0.05) is 61.2 Å². The van der Waals surface area contributed by atoms with E-state index < -0.39 is 51.5 Å². The summed E-state index contributed by atoms with van der Waals surface area (Å²) in [6.45, 7) is -1.46. The summed E-state index contributed by atoms with van der Waals surface area (Å²) in [7, 11) is 0. The van der Waals surface area contributed by atoms with Crippen LogP contribution in [0.4, 0.5) is 0 Å². The van der Waals surface area contributed by atoms with E-state index in [1.807, 2.05) is 0 Å². The van der Waals surface area contributed by atoms with Crippen molar-refractivity contribution in [2.45, 2.75) is 80.7 Å². The van der Waals surface area contributed by atoms with Crippen LogP contribution < -0.4 is 0 Å². The van der Waals surface area contributed by atoms with Crippen molar-refractivity contribution in [3.8, 4) is 22.5 Å². The molecule has 7 rings (SSSR count). The SMILES string of the molecule is [2H]C([2H])([2H])c1c[c-]c(-c2cc(C([2H])(C)C)c(C([2H])([2H])[2H])cn2)cc1.[2H]C([2H])([2H])c1cnc(-c2[c-]cc(C([2H])([2H])[2H])c3c2oc2cc(C([2H])([2H])c4ccccc4)ccc23)cc1C([2H])([2H])C(C)(C)C.[Ir].